The topological polar surface area (TPSA) is 50.9 Å². The van der Waals surface area contributed by atoms with Gasteiger partial charge in [-0.3, -0.25) is 0 Å². The summed E-state index contributed by atoms with van der Waals surface area (Å²) in [4.78, 5) is 4.18. The molecule has 4 heteroatoms. The summed E-state index contributed by atoms with van der Waals surface area (Å²) in [6, 6.07) is 2.33. The van der Waals surface area contributed by atoms with Gasteiger partial charge in [0, 0.05) is 23.6 Å². The van der Waals surface area contributed by atoms with E-state index in [1.165, 1.54) is 5.56 Å². The predicted octanol–water partition coefficient (Wildman–Crippen LogP) is 2.38. The number of nitrogen functional groups attached to an aromatic ring is 1. The third kappa shape index (κ3) is 3.39. The Labute approximate surface area is 102 Å². The Bertz CT molecular complexity index is 308. The van der Waals surface area contributed by atoms with Crippen molar-refractivity contribution in [2.45, 2.75) is 26.3 Å². The molecule has 0 aromatic carbocycles. The van der Waals surface area contributed by atoms with Crippen LogP contribution in [0.15, 0.2) is 12.3 Å². The van der Waals surface area contributed by atoms with Crippen molar-refractivity contribution < 1.29 is 0 Å². The van der Waals surface area contributed by atoms with Gasteiger partial charge >= 0.3 is 0 Å². The second-order valence-corrected chi connectivity index (χ2v) is 4.80. The number of pyridine rings is 1. The number of thioether (sulfide) groups is 1. The SMILES string of the molecule is CCCNC(CSC)c1c(C)ccnc1N. The van der Waals surface area contributed by atoms with Crippen LogP contribution in [0, 0.1) is 6.92 Å². The van der Waals surface area contributed by atoms with Gasteiger partial charge in [-0.15, -0.1) is 0 Å². The normalized spacial score (nSPS) is 12.7. The summed E-state index contributed by atoms with van der Waals surface area (Å²) >= 11 is 1.83. The van der Waals surface area contributed by atoms with Crippen molar-refractivity contribution in [2.24, 2.45) is 0 Å². The molecule has 0 spiro atoms. The zero-order chi connectivity index (χ0) is 12.0. The molecule has 0 fully saturated rings. The van der Waals surface area contributed by atoms with Gasteiger partial charge in [-0.1, -0.05) is 6.92 Å². The molecule has 1 atom stereocenters. The first kappa shape index (κ1) is 13.3. The van der Waals surface area contributed by atoms with Crippen molar-refractivity contribution >= 4 is 17.6 Å². The Morgan fingerprint density at radius 2 is 2.31 bits per heavy atom. The molecule has 0 aliphatic rings. The van der Waals surface area contributed by atoms with Crippen LogP contribution in [0.5, 0.6) is 0 Å². The molecular formula is C12H21N3S. The summed E-state index contributed by atoms with van der Waals surface area (Å²) in [6.45, 7) is 5.27. The van der Waals surface area contributed by atoms with Crippen molar-refractivity contribution in [3.8, 4) is 0 Å². The van der Waals surface area contributed by atoms with Crippen molar-refractivity contribution in [1.82, 2.24) is 10.3 Å². The molecule has 1 heterocycles. The van der Waals surface area contributed by atoms with Gasteiger partial charge in [0.25, 0.3) is 0 Å². The predicted molar refractivity (Wildman–Crippen MR) is 72.8 cm³/mol. The fraction of sp³-hybridized carbons (Fsp3) is 0.583. The van der Waals surface area contributed by atoms with Crippen LogP contribution in [0.3, 0.4) is 0 Å². The number of nitrogens with zero attached hydrogens (tertiary/aromatic N) is 1. The van der Waals surface area contributed by atoms with Crippen LogP contribution >= 0.6 is 11.8 Å². The molecular weight excluding hydrogens is 218 g/mol. The molecule has 16 heavy (non-hydrogen) atoms. The third-order valence-corrected chi connectivity index (χ3v) is 3.23. The molecule has 0 saturated heterocycles. The minimum Gasteiger partial charge on any atom is -0.383 e. The van der Waals surface area contributed by atoms with Crippen molar-refractivity contribution in [2.75, 3.05) is 24.3 Å². The zero-order valence-corrected chi connectivity index (χ0v) is 11.1. The van der Waals surface area contributed by atoms with E-state index in [0.29, 0.717) is 11.9 Å². The second kappa shape index (κ2) is 6.76. The molecule has 1 rings (SSSR count). The Balaban J connectivity index is 2.90. The van der Waals surface area contributed by atoms with E-state index in [1.807, 2.05) is 17.8 Å². The number of rotatable bonds is 6. The van der Waals surface area contributed by atoms with E-state index in [0.717, 1.165) is 24.3 Å². The molecule has 1 aromatic rings. The van der Waals surface area contributed by atoms with E-state index in [9.17, 15) is 0 Å². The molecule has 0 bridgehead atoms. The lowest BCUT2D eigenvalue weighted by atomic mass is 10.0. The molecule has 0 aliphatic carbocycles. The molecule has 1 aromatic heterocycles. The maximum atomic E-state index is 5.96. The fourth-order valence-electron chi connectivity index (χ4n) is 1.77. The molecule has 3 nitrogen and oxygen atoms in total. The molecule has 3 N–H and O–H groups in total. The van der Waals surface area contributed by atoms with E-state index in [-0.39, 0.29) is 0 Å². The summed E-state index contributed by atoms with van der Waals surface area (Å²) in [7, 11) is 0. The standard InChI is InChI=1S/C12H21N3S/c1-4-6-14-10(8-16-3)11-9(2)5-7-15-12(11)13/h5,7,10,14H,4,6,8H2,1-3H3,(H2,13,15). The van der Waals surface area contributed by atoms with Gasteiger partial charge in [0.1, 0.15) is 5.82 Å². The maximum Gasteiger partial charge on any atom is 0.128 e. The van der Waals surface area contributed by atoms with Crippen LogP contribution in [-0.4, -0.2) is 23.5 Å². The van der Waals surface area contributed by atoms with Crippen LogP contribution in [0.25, 0.3) is 0 Å². The van der Waals surface area contributed by atoms with Gasteiger partial charge in [-0.25, -0.2) is 4.98 Å². The van der Waals surface area contributed by atoms with Crippen molar-refractivity contribution in [3.05, 3.63) is 23.4 Å². The van der Waals surface area contributed by atoms with E-state index in [2.05, 4.69) is 30.4 Å². The number of anilines is 1. The lowest BCUT2D eigenvalue weighted by Crippen LogP contribution is -2.26. The number of aryl methyl sites for hydroxylation is 1. The van der Waals surface area contributed by atoms with Gasteiger partial charge in [-0.05, 0) is 37.8 Å². The Morgan fingerprint density at radius 1 is 1.56 bits per heavy atom. The summed E-state index contributed by atoms with van der Waals surface area (Å²) < 4.78 is 0. The highest BCUT2D eigenvalue weighted by molar-refractivity contribution is 7.98. The van der Waals surface area contributed by atoms with E-state index < -0.39 is 0 Å². The van der Waals surface area contributed by atoms with Gasteiger partial charge in [0.2, 0.25) is 0 Å². The number of nitrogens with one attached hydrogen (secondary N) is 1. The highest BCUT2D eigenvalue weighted by atomic mass is 32.2. The van der Waals surface area contributed by atoms with Gasteiger partial charge in [-0.2, -0.15) is 11.8 Å². The summed E-state index contributed by atoms with van der Waals surface area (Å²) in [5, 5.41) is 3.53. The van der Waals surface area contributed by atoms with E-state index >= 15 is 0 Å². The van der Waals surface area contributed by atoms with Gasteiger partial charge < -0.3 is 11.1 Å². The molecule has 0 radical (unpaired) electrons. The zero-order valence-electron chi connectivity index (χ0n) is 10.3. The number of aromatic nitrogens is 1. The average Bonchev–Trinajstić information content (AvgIpc) is 2.25. The highest BCUT2D eigenvalue weighted by Gasteiger charge is 2.15. The smallest absolute Gasteiger partial charge is 0.128 e. The van der Waals surface area contributed by atoms with E-state index in [4.69, 9.17) is 5.73 Å². The number of nitrogens with two attached hydrogens (primary N) is 1. The van der Waals surface area contributed by atoms with Crippen LogP contribution in [-0.2, 0) is 0 Å². The Morgan fingerprint density at radius 3 is 2.88 bits per heavy atom. The minimum absolute atomic E-state index is 0.309. The quantitative estimate of drug-likeness (QED) is 0.800. The molecule has 0 aliphatic heterocycles. The van der Waals surface area contributed by atoms with Gasteiger partial charge in [0.05, 0.1) is 0 Å². The fourth-order valence-corrected chi connectivity index (χ4v) is 2.39. The Hall–Kier alpha value is -0.740. The molecule has 90 valence electrons. The van der Waals surface area contributed by atoms with Crippen LogP contribution in [0.4, 0.5) is 5.82 Å². The summed E-state index contributed by atoms with van der Waals surface area (Å²) in [6.07, 6.45) is 5.01. The Kier molecular flexibility index (Phi) is 5.63. The largest absolute Gasteiger partial charge is 0.383 e. The average molecular weight is 239 g/mol. The first-order chi connectivity index (χ1) is 7.70. The number of hydrogen-bond donors (Lipinski definition) is 2. The first-order valence-electron chi connectivity index (χ1n) is 5.64. The molecule has 0 saturated carbocycles. The van der Waals surface area contributed by atoms with Crippen LogP contribution < -0.4 is 11.1 Å². The first-order valence-corrected chi connectivity index (χ1v) is 7.03. The highest BCUT2D eigenvalue weighted by Crippen LogP contribution is 2.24. The van der Waals surface area contributed by atoms with Crippen molar-refractivity contribution in [3.63, 3.8) is 0 Å². The minimum atomic E-state index is 0.309. The summed E-state index contributed by atoms with van der Waals surface area (Å²) in [5.41, 5.74) is 8.34. The third-order valence-electron chi connectivity index (χ3n) is 2.56. The van der Waals surface area contributed by atoms with Crippen molar-refractivity contribution in [1.29, 1.82) is 0 Å². The number of hydrogen-bond acceptors (Lipinski definition) is 4. The lowest BCUT2D eigenvalue weighted by molar-refractivity contribution is 0.575. The molecule has 0 amide bonds. The van der Waals surface area contributed by atoms with Crippen LogP contribution in [0.2, 0.25) is 0 Å². The van der Waals surface area contributed by atoms with E-state index in [1.54, 1.807) is 6.20 Å². The maximum absolute atomic E-state index is 5.96. The van der Waals surface area contributed by atoms with Gasteiger partial charge in [0.15, 0.2) is 0 Å². The van der Waals surface area contributed by atoms with Crippen LogP contribution in [0.1, 0.15) is 30.5 Å². The molecule has 1 unspecified atom stereocenters. The second-order valence-electron chi connectivity index (χ2n) is 3.89. The lowest BCUT2D eigenvalue weighted by Gasteiger charge is -2.21. The summed E-state index contributed by atoms with van der Waals surface area (Å²) in [5.74, 6) is 1.68. The monoisotopic (exact) mass is 239 g/mol.